The molecule has 1 saturated carbocycles. The van der Waals surface area contributed by atoms with E-state index in [4.69, 9.17) is 5.11 Å². The Hall–Kier alpha value is -1.42. The molecule has 1 aliphatic carbocycles. The summed E-state index contributed by atoms with van der Waals surface area (Å²) in [4.78, 5) is 22.6. The first-order chi connectivity index (χ1) is 12.3. The second kappa shape index (κ2) is 11.3. The van der Waals surface area contributed by atoms with Crippen LogP contribution in [0.3, 0.4) is 0 Å². The van der Waals surface area contributed by atoms with E-state index in [1.807, 2.05) is 6.08 Å². The highest BCUT2D eigenvalue weighted by molar-refractivity contribution is 5.83. The van der Waals surface area contributed by atoms with Crippen LogP contribution < -0.4 is 0 Å². The molecule has 148 valence electrons. The van der Waals surface area contributed by atoms with E-state index in [0.29, 0.717) is 12.2 Å². The second-order valence-electron chi connectivity index (χ2n) is 8.22. The van der Waals surface area contributed by atoms with E-state index in [1.165, 1.54) is 6.08 Å². The lowest BCUT2D eigenvalue weighted by Gasteiger charge is -2.29. The molecule has 0 spiro atoms. The minimum absolute atomic E-state index is 0.0562. The Bertz CT molecular complexity index is 504. The Balaban J connectivity index is 2.49. The normalized spacial score (nSPS) is 22.5. The molecule has 1 rings (SSSR count). The molecular formula is C22H36O4. The summed E-state index contributed by atoms with van der Waals surface area (Å²) in [7, 11) is 0. The number of carbonyl (C=O) groups excluding carboxylic acids is 1. The highest BCUT2D eigenvalue weighted by Gasteiger charge is 2.33. The monoisotopic (exact) mass is 364 g/mol. The highest BCUT2D eigenvalue weighted by Crippen LogP contribution is 2.35. The number of carbonyl (C=O) groups is 2. The van der Waals surface area contributed by atoms with E-state index in [9.17, 15) is 14.7 Å². The molecule has 3 atom stereocenters. The molecule has 0 aromatic rings. The van der Waals surface area contributed by atoms with Gasteiger partial charge in [-0.1, -0.05) is 58.3 Å². The summed E-state index contributed by atoms with van der Waals surface area (Å²) in [6.45, 7) is 6.35. The molecule has 0 radical (unpaired) electrons. The van der Waals surface area contributed by atoms with Crippen molar-refractivity contribution in [3.63, 3.8) is 0 Å². The number of hydrogen-bond donors (Lipinski definition) is 2. The molecule has 26 heavy (non-hydrogen) atoms. The number of unbranched alkanes of at least 4 members (excludes halogenated alkanes) is 3. The minimum atomic E-state index is -0.915. The maximum atomic E-state index is 12.2. The Kier molecular flexibility index (Phi) is 9.85. The summed E-state index contributed by atoms with van der Waals surface area (Å²) in [6.07, 6.45) is 14.5. The highest BCUT2D eigenvalue weighted by atomic mass is 16.4. The van der Waals surface area contributed by atoms with Crippen LogP contribution in [0, 0.1) is 17.3 Å². The molecule has 3 unspecified atom stereocenters. The number of aliphatic carboxylic acids is 1. The van der Waals surface area contributed by atoms with Gasteiger partial charge in [-0.25, -0.2) is 4.79 Å². The molecule has 0 aliphatic heterocycles. The standard InChI is InChI=1S/C22H36O4/c1-4-5-16-22(2,3)20(24)15-13-17-12-14-19(23)18(17)10-8-6-7-9-11-21(25)26/h9,11,13,15,17-18,20,24H,4-8,10,12,14,16H2,1-3H3,(H,25,26)/b11-9+,15-13+. The van der Waals surface area contributed by atoms with E-state index in [0.717, 1.165) is 51.4 Å². The zero-order chi connectivity index (χ0) is 19.6. The summed E-state index contributed by atoms with van der Waals surface area (Å²) in [5.74, 6) is -0.295. The number of hydrogen-bond acceptors (Lipinski definition) is 3. The van der Waals surface area contributed by atoms with Gasteiger partial charge in [-0.2, -0.15) is 0 Å². The zero-order valence-electron chi connectivity index (χ0n) is 16.6. The number of ketones is 1. The largest absolute Gasteiger partial charge is 0.478 e. The summed E-state index contributed by atoms with van der Waals surface area (Å²) in [5, 5.41) is 19.1. The van der Waals surface area contributed by atoms with Crippen molar-refractivity contribution in [2.75, 3.05) is 0 Å². The number of allylic oxidation sites excluding steroid dienone is 2. The maximum absolute atomic E-state index is 12.2. The molecule has 4 heteroatoms. The van der Waals surface area contributed by atoms with Crippen LogP contribution in [0.1, 0.15) is 78.6 Å². The van der Waals surface area contributed by atoms with Gasteiger partial charge in [0.25, 0.3) is 0 Å². The van der Waals surface area contributed by atoms with Crippen LogP contribution in [-0.2, 0) is 9.59 Å². The molecule has 2 N–H and O–H groups in total. The Labute approximate surface area is 158 Å². The molecule has 4 nitrogen and oxygen atoms in total. The van der Waals surface area contributed by atoms with Gasteiger partial charge in [-0.05, 0) is 43.4 Å². The van der Waals surface area contributed by atoms with Crippen molar-refractivity contribution in [2.45, 2.75) is 84.7 Å². The smallest absolute Gasteiger partial charge is 0.327 e. The van der Waals surface area contributed by atoms with Crippen LogP contribution in [0.25, 0.3) is 0 Å². The predicted octanol–water partition coefficient (Wildman–Crippen LogP) is 4.92. The van der Waals surface area contributed by atoms with Crippen LogP contribution in [0.5, 0.6) is 0 Å². The summed E-state index contributed by atoms with van der Waals surface area (Å²) in [5.41, 5.74) is -0.138. The van der Waals surface area contributed by atoms with Crippen LogP contribution in [0.4, 0.5) is 0 Å². The van der Waals surface area contributed by atoms with E-state index < -0.39 is 12.1 Å². The quantitative estimate of drug-likeness (QED) is 0.293. The molecule has 0 heterocycles. The first kappa shape index (κ1) is 22.6. The third-order valence-electron chi connectivity index (χ3n) is 5.57. The average Bonchev–Trinajstić information content (AvgIpc) is 2.93. The third-order valence-corrected chi connectivity index (χ3v) is 5.57. The number of aliphatic hydroxyl groups is 1. The topological polar surface area (TPSA) is 74.6 Å². The van der Waals surface area contributed by atoms with Crippen molar-refractivity contribution in [1.82, 2.24) is 0 Å². The lowest BCUT2D eigenvalue weighted by atomic mass is 9.80. The number of rotatable bonds is 12. The van der Waals surface area contributed by atoms with Crippen molar-refractivity contribution in [2.24, 2.45) is 17.3 Å². The van der Waals surface area contributed by atoms with Crippen LogP contribution in [0.2, 0.25) is 0 Å². The van der Waals surface area contributed by atoms with Gasteiger partial charge in [0.2, 0.25) is 0 Å². The predicted molar refractivity (Wildman–Crippen MR) is 105 cm³/mol. The van der Waals surface area contributed by atoms with Gasteiger partial charge in [0.15, 0.2) is 0 Å². The number of Topliss-reactive ketones (excluding diaryl/α,β-unsaturated/α-hetero) is 1. The maximum Gasteiger partial charge on any atom is 0.327 e. The Morgan fingerprint density at radius 1 is 1.31 bits per heavy atom. The fourth-order valence-electron chi connectivity index (χ4n) is 3.64. The summed E-state index contributed by atoms with van der Waals surface area (Å²) < 4.78 is 0. The zero-order valence-corrected chi connectivity index (χ0v) is 16.6. The molecule has 1 aliphatic rings. The van der Waals surface area contributed by atoms with Crippen molar-refractivity contribution in [3.8, 4) is 0 Å². The molecular weight excluding hydrogens is 328 g/mol. The van der Waals surface area contributed by atoms with Gasteiger partial charge in [-0.3, -0.25) is 4.79 Å². The van der Waals surface area contributed by atoms with Gasteiger partial charge in [0, 0.05) is 18.4 Å². The van der Waals surface area contributed by atoms with Gasteiger partial charge < -0.3 is 10.2 Å². The molecule has 0 aromatic carbocycles. The van der Waals surface area contributed by atoms with Crippen molar-refractivity contribution in [1.29, 1.82) is 0 Å². The van der Waals surface area contributed by atoms with Crippen molar-refractivity contribution < 1.29 is 19.8 Å². The fraction of sp³-hybridized carbons (Fsp3) is 0.727. The van der Waals surface area contributed by atoms with Crippen molar-refractivity contribution >= 4 is 11.8 Å². The van der Waals surface area contributed by atoms with Gasteiger partial charge in [0.1, 0.15) is 5.78 Å². The minimum Gasteiger partial charge on any atom is -0.478 e. The van der Waals surface area contributed by atoms with Crippen LogP contribution >= 0.6 is 0 Å². The van der Waals surface area contributed by atoms with E-state index in [-0.39, 0.29) is 17.3 Å². The average molecular weight is 365 g/mol. The van der Waals surface area contributed by atoms with Gasteiger partial charge >= 0.3 is 5.97 Å². The Morgan fingerprint density at radius 2 is 2.04 bits per heavy atom. The number of carboxylic acids is 1. The first-order valence-electron chi connectivity index (χ1n) is 10.1. The lowest BCUT2D eigenvalue weighted by molar-refractivity contribution is -0.131. The van der Waals surface area contributed by atoms with E-state index in [1.54, 1.807) is 6.08 Å². The lowest BCUT2D eigenvalue weighted by Crippen LogP contribution is -2.27. The van der Waals surface area contributed by atoms with Crippen LogP contribution in [0.15, 0.2) is 24.3 Å². The number of aliphatic hydroxyl groups excluding tert-OH is 1. The van der Waals surface area contributed by atoms with Crippen molar-refractivity contribution in [3.05, 3.63) is 24.3 Å². The van der Waals surface area contributed by atoms with Gasteiger partial charge in [-0.15, -0.1) is 0 Å². The van der Waals surface area contributed by atoms with E-state index in [2.05, 4.69) is 26.8 Å². The first-order valence-corrected chi connectivity index (χ1v) is 10.1. The molecule has 0 aromatic heterocycles. The molecule has 1 fully saturated rings. The van der Waals surface area contributed by atoms with Gasteiger partial charge in [0.05, 0.1) is 6.10 Å². The van der Waals surface area contributed by atoms with Crippen LogP contribution in [-0.4, -0.2) is 28.1 Å². The SMILES string of the molecule is CCCCC(C)(C)C(O)/C=C/C1CCC(=O)C1CCCC/C=C/C(=O)O. The third kappa shape index (κ3) is 7.86. The number of carboxylic acid groups (broad SMARTS) is 1. The molecule has 0 bridgehead atoms. The molecule has 0 saturated heterocycles. The summed E-state index contributed by atoms with van der Waals surface area (Å²) >= 11 is 0. The fourth-order valence-corrected chi connectivity index (χ4v) is 3.64. The summed E-state index contributed by atoms with van der Waals surface area (Å²) in [6, 6.07) is 0. The molecule has 0 amide bonds. The second-order valence-corrected chi connectivity index (χ2v) is 8.22. The van der Waals surface area contributed by atoms with E-state index >= 15 is 0 Å². The Morgan fingerprint density at radius 3 is 2.69 bits per heavy atom.